The van der Waals surface area contributed by atoms with Crippen molar-refractivity contribution >= 4 is 34.8 Å². The van der Waals surface area contributed by atoms with E-state index in [2.05, 4.69) is 5.32 Å². The van der Waals surface area contributed by atoms with Gasteiger partial charge in [-0.2, -0.15) is 13.2 Å². The Morgan fingerprint density at radius 1 is 1.20 bits per heavy atom. The Bertz CT molecular complexity index is 749. The summed E-state index contributed by atoms with van der Waals surface area (Å²) >= 11 is 11.9. The summed E-state index contributed by atoms with van der Waals surface area (Å²) in [6.45, 7) is 0. The maximum atomic E-state index is 12.6. The molecule has 1 N–H and O–H groups in total. The number of rotatable bonds is 5. The van der Waals surface area contributed by atoms with Gasteiger partial charge >= 0.3 is 6.18 Å². The molecule has 0 aliphatic heterocycles. The van der Waals surface area contributed by atoms with Crippen LogP contribution in [-0.2, 0) is 17.4 Å². The molecule has 134 valence electrons. The Kier molecular flexibility index (Phi) is 6.19. The van der Waals surface area contributed by atoms with Crippen LogP contribution in [0, 0.1) is 0 Å². The maximum Gasteiger partial charge on any atom is 0.416 e. The molecule has 25 heavy (non-hydrogen) atoms. The maximum absolute atomic E-state index is 12.6. The predicted molar refractivity (Wildman–Crippen MR) is 91.4 cm³/mol. The van der Waals surface area contributed by atoms with Gasteiger partial charge in [0.05, 0.1) is 12.7 Å². The lowest BCUT2D eigenvalue weighted by Crippen LogP contribution is -2.25. The van der Waals surface area contributed by atoms with Gasteiger partial charge in [0.15, 0.2) is 0 Å². The third-order valence-electron chi connectivity index (χ3n) is 3.42. The van der Waals surface area contributed by atoms with Gasteiger partial charge in [0.25, 0.3) is 0 Å². The highest BCUT2D eigenvalue weighted by Gasteiger charge is 2.31. The van der Waals surface area contributed by atoms with Gasteiger partial charge in [-0.05, 0) is 48.4 Å². The molecule has 0 aliphatic rings. The standard InChI is InChI=1S/C17H14Cl2F3NO2/c1-25-13-6-4-12(5-7-13)23-16(24)15(19)8-10-2-3-11(9-14(10)18)17(20,21)22/h2-7,9,15H,8H2,1H3,(H,23,24). The Morgan fingerprint density at radius 2 is 1.84 bits per heavy atom. The highest BCUT2D eigenvalue weighted by molar-refractivity contribution is 6.33. The van der Waals surface area contributed by atoms with E-state index in [4.69, 9.17) is 27.9 Å². The van der Waals surface area contributed by atoms with Gasteiger partial charge in [-0.3, -0.25) is 4.79 Å². The van der Waals surface area contributed by atoms with Crippen LogP contribution in [0.25, 0.3) is 0 Å². The molecule has 8 heteroatoms. The van der Waals surface area contributed by atoms with E-state index in [1.54, 1.807) is 24.3 Å². The minimum absolute atomic E-state index is 0.000510. The molecule has 0 fully saturated rings. The molecule has 0 saturated heterocycles. The van der Waals surface area contributed by atoms with Crippen LogP contribution in [0.5, 0.6) is 5.75 Å². The van der Waals surface area contributed by atoms with Crippen LogP contribution in [0.3, 0.4) is 0 Å². The van der Waals surface area contributed by atoms with Gasteiger partial charge in [0.2, 0.25) is 5.91 Å². The number of ether oxygens (including phenoxy) is 1. The molecule has 0 aromatic heterocycles. The van der Waals surface area contributed by atoms with E-state index < -0.39 is 23.0 Å². The van der Waals surface area contributed by atoms with E-state index in [1.807, 2.05) is 0 Å². The first-order chi connectivity index (χ1) is 11.7. The summed E-state index contributed by atoms with van der Waals surface area (Å²) in [5.41, 5.74) is 0.0320. The number of anilines is 1. The number of hydrogen-bond acceptors (Lipinski definition) is 2. The van der Waals surface area contributed by atoms with Gasteiger partial charge in [-0.1, -0.05) is 17.7 Å². The Labute approximate surface area is 152 Å². The summed E-state index contributed by atoms with van der Waals surface area (Å²) in [4.78, 5) is 12.1. The third kappa shape index (κ3) is 5.28. The molecule has 3 nitrogen and oxygen atoms in total. The quantitative estimate of drug-likeness (QED) is 0.715. The Balaban J connectivity index is 2.03. The van der Waals surface area contributed by atoms with Crippen molar-refractivity contribution in [2.45, 2.75) is 18.0 Å². The average Bonchev–Trinajstić information content (AvgIpc) is 2.56. The van der Waals surface area contributed by atoms with Gasteiger partial charge in [0, 0.05) is 10.7 Å². The van der Waals surface area contributed by atoms with E-state index in [0.717, 1.165) is 12.1 Å². The van der Waals surface area contributed by atoms with Gasteiger partial charge < -0.3 is 10.1 Å². The van der Waals surface area contributed by atoms with Gasteiger partial charge in [-0.15, -0.1) is 11.6 Å². The third-order valence-corrected chi connectivity index (χ3v) is 4.13. The molecule has 0 aliphatic carbocycles. The van der Waals surface area contributed by atoms with E-state index in [9.17, 15) is 18.0 Å². The van der Waals surface area contributed by atoms with Crippen molar-refractivity contribution in [3.05, 3.63) is 58.6 Å². The fraction of sp³-hybridized carbons (Fsp3) is 0.235. The van der Waals surface area contributed by atoms with Crippen molar-refractivity contribution in [1.29, 1.82) is 0 Å². The molecule has 0 radical (unpaired) electrons. The van der Waals surface area contributed by atoms with Gasteiger partial charge in [0.1, 0.15) is 11.1 Å². The molecule has 0 spiro atoms. The summed E-state index contributed by atoms with van der Waals surface area (Å²) in [5.74, 6) is 0.153. The molecular formula is C17H14Cl2F3NO2. The van der Waals surface area contributed by atoms with Crippen molar-refractivity contribution in [1.82, 2.24) is 0 Å². The summed E-state index contributed by atoms with van der Waals surface area (Å²) < 4.78 is 42.9. The zero-order valence-electron chi connectivity index (χ0n) is 13.0. The van der Waals surface area contributed by atoms with Crippen LogP contribution in [-0.4, -0.2) is 18.4 Å². The zero-order chi connectivity index (χ0) is 18.6. The van der Waals surface area contributed by atoms with Crippen LogP contribution in [0.1, 0.15) is 11.1 Å². The van der Waals surface area contributed by atoms with Crippen LogP contribution in [0.15, 0.2) is 42.5 Å². The van der Waals surface area contributed by atoms with Gasteiger partial charge in [-0.25, -0.2) is 0 Å². The molecule has 2 aromatic carbocycles. The van der Waals surface area contributed by atoms with Crippen molar-refractivity contribution in [2.75, 3.05) is 12.4 Å². The average molecular weight is 392 g/mol. The summed E-state index contributed by atoms with van der Waals surface area (Å²) in [6, 6.07) is 9.59. The largest absolute Gasteiger partial charge is 0.497 e. The second-order valence-electron chi connectivity index (χ2n) is 5.19. The summed E-state index contributed by atoms with van der Waals surface area (Å²) in [7, 11) is 1.52. The number of methoxy groups -OCH3 is 1. The number of hydrogen-bond donors (Lipinski definition) is 1. The van der Waals surface area contributed by atoms with Crippen molar-refractivity contribution in [2.24, 2.45) is 0 Å². The first-order valence-electron chi connectivity index (χ1n) is 7.15. The molecule has 0 heterocycles. The van der Waals surface area contributed by atoms with E-state index in [1.165, 1.54) is 13.2 Å². The highest BCUT2D eigenvalue weighted by atomic mass is 35.5. The van der Waals surface area contributed by atoms with Crippen LogP contribution in [0.4, 0.5) is 18.9 Å². The summed E-state index contributed by atoms with van der Waals surface area (Å²) in [5, 5.41) is 1.54. The Morgan fingerprint density at radius 3 is 2.36 bits per heavy atom. The fourth-order valence-corrected chi connectivity index (χ4v) is 2.55. The minimum atomic E-state index is -4.48. The predicted octanol–water partition coefficient (Wildman–Crippen LogP) is 5.16. The molecule has 1 unspecified atom stereocenters. The Hall–Kier alpha value is -1.92. The lowest BCUT2D eigenvalue weighted by Gasteiger charge is -2.13. The number of halogens is 5. The fourth-order valence-electron chi connectivity index (χ4n) is 2.07. The van der Waals surface area contributed by atoms with Crippen LogP contribution >= 0.6 is 23.2 Å². The molecule has 0 bridgehead atoms. The molecule has 1 amide bonds. The van der Waals surface area contributed by atoms with E-state index >= 15 is 0 Å². The number of nitrogens with one attached hydrogen (secondary N) is 1. The smallest absolute Gasteiger partial charge is 0.416 e. The molecule has 2 aromatic rings. The highest BCUT2D eigenvalue weighted by Crippen LogP contribution is 2.32. The minimum Gasteiger partial charge on any atom is -0.497 e. The normalized spacial score (nSPS) is 12.6. The van der Waals surface area contributed by atoms with Crippen molar-refractivity contribution in [3.8, 4) is 5.75 Å². The SMILES string of the molecule is COc1ccc(NC(=O)C(Cl)Cc2ccc(C(F)(F)F)cc2Cl)cc1. The lowest BCUT2D eigenvalue weighted by atomic mass is 10.1. The molecule has 2 rings (SSSR count). The zero-order valence-corrected chi connectivity index (χ0v) is 14.5. The molecule has 1 atom stereocenters. The monoisotopic (exact) mass is 391 g/mol. The first-order valence-corrected chi connectivity index (χ1v) is 7.96. The van der Waals surface area contributed by atoms with E-state index in [-0.39, 0.29) is 11.4 Å². The second kappa shape index (κ2) is 7.97. The topological polar surface area (TPSA) is 38.3 Å². The number of carbonyl (C=O) groups is 1. The van der Waals surface area contributed by atoms with Crippen molar-refractivity contribution in [3.63, 3.8) is 0 Å². The second-order valence-corrected chi connectivity index (χ2v) is 6.13. The van der Waals surface area contributed by atoms with E-state index in [0.29, 0.717) is 17.0 Å². The summed E-state index contributed by atoms with van der Waals surface area (Å²) in [6.07, 6.45) is -4.48. The van der Waals surface area contributed by atoms with Crippen LogP contribution < -0.4 is 10.1 Å². The number of amides is 1. The number of carbonyl (C=O) groups excluding carboxylic acids is 1. The number of alkyl halides is 4. The lowest BCUT2D eigenvalue weighted by molar-refractivity contribution is -0.137. The van der Waals surface area contributed by atoms with Crippen LogP contribution in [0.2, 0.25) is 5.02 Å². The first kappa shape index (κ1) is 19.4. The molecular weight excluding hydrogens is 378 g/mol. The van der Waals surface area contributed by atoms with Crippen molar-refractivity contribution < 1.29 is 22.7 Å². The number of benzene rings is 2. The molecule has 0 saturated carbocycles.